The summed E-state index contributed by atoms with van der Waals surface area (Å²) < 4.78 is 17.9. The summed E-state index contributed by atoms with van der Waals surface area (Å²) in [6.07, 6.45) is 0.961. The Bertz CT molecular complexity index is 433. The highest BCUT2D eigenvalue weighted by molar-refractivity contribution is 5.73. The van der Waals surface area contributed by atoms with Gasteiger partial charge in [-0.2, -0.15) is 0 Å². The minimum Gasteiger partial charge on any atom is -0.505 e. The predicted octanol–water partition coefficient (Wildman–Crippen LogP) is 2.54. The summed E-state index contributed by atoms with van der Waals surface area (Å²) in [6, 6.07) is 3.58. The molecular formula is C14H19FO4. The first kappa shape index (κ1) is 15.4. The standard InChI is InChI=1S/C14H19FO4/c1-3-4-5-10(14(18)19-2)13(17)9-6-7-12(16)11(15)8-9/h6-8,10,13,16-17H,3-5H2,1-2H3. The Balaban J connectivity index is 2.93. The van der Waals surface area contributed by atoms with Gasteiger partial charge >= 0.3 is 5.97 Å². The maximum Gasteiger partial charge on any atom is 0.311 e. The van der Waals surface area contributed by atoms with Crippen LogP contribution in [0.1, 0.15) is 37.9 Å². The lowest BCUT2D eigenvalue weighted by molar-refractivity contribution is -0.150. The quantitative estimate of drug-likeness (QED) is 0.780. The largest absolute Gasteiger partial charge is 0.505 e. The second-order valence-corrected chi connectivity index (χ2v) is 4.43. The van der Waals surface area contributed by atoms with E-state index in [1.54, 1.807) is 0 Å². The molecule has 0 aromatic heterocycles. The number of aliphatic hydroxyl groups is 1. The molecule has 0 amide bonds. The van der Waals surface area contributed by atoms with E-state index in [9.17, 15) is 14.3 Å². The molecule has 0 bridgehead atoms. The molecule has 0 aliphatic heterocycles. The van der Waals surface area contributed by atoms with Gasteiger partial charge in [0.1, 0.15) is 0 Å². The van der Waals surface area contributed by atoms with Crippen LogP contribution in [0.4, 0.5) is 4.39 Å². The lowest BCUT2D eigenvalue weighted by Crippen LogP contribution is -2.23. The molecule has 1 aromatic rings. The Morgan fingerprint density at radius 2 is 2.16 bits per heavy atom. The van der Waals surface area contributed by atoms with Crippen LogP contribution in [-0.4, -0.2) is 23.3 Å². The fourth-order valence-electron chi connectivity index (χ4n) is 1.92. The molecular weight excluding hydrogens is 251 g/mol. The van der Waals surface area contributed by atoms with Gasteiger partial charge in [-0.05, 0) is 24.1 Å². The Kier molecular flexibility index (Phi) is 5.76. The Morgan fingerprint density at radius 1 is 1.47 bits per heavy atom. The summed E-state index contributed by atoms with van der Waals surface area (Å²) in [7, 11) is 1.26. The maximum atomic E-state index is 13.3. The number of esters is 1. The van der Waals surface area contributed by atoms with Gasteiger partial charge in [0, 0.05) is 0 Å². The van der Waals surface area contributed by atoms with Crippen LogP contribution in [0.2, 0.25) is 0 Å². The number of unbranched alkanes of at least 4 members (excludes halogenated alkanes) is 1. The second kappa shape index (κ2) is 7.09. The molecule has 0 heterocycles. The molecule has 0 aliphatic carbocycles. The van der Waals surface area contributed by atoms with E-state index in [0.29, 0.717) is 6.42 Å². The van der Waals surface area contributed by atoms with E-state index in [0.717, 1.165) is 25.0 Å². The smallest absolute Gasteiger partial charge is 0.311 e. The molecule has 106 valence electrons. The summed E-state index contributed by atoms with van der Waals surface area (Å²) in [5, 5.41) is 19.3. The first-order valence-corrected chi connectivity index (χ1v) is 6.25. The minimum atomic E-state index is -1.14. The topological polar surface area (TPSA) is 66.8 Å². The summed E-state index contributed by atoms with van der Waals surface area (Å²) in [6.45, 7) is 1.97. The van der Waals surface area contributed by atoms with Crippen molar-refractivity contribution in [2.45, 2.75) is 32.3 Å². The van der Waals surface area contributed by atoms with E-state index in [2.05, 4.69) is 4.74 Å². The first-order chi connectivity index (χ1) is 9.01. The zero-order chi connectivity index (χ0) is 14.4. The molecule has 0 fully saturated rings. The van der Waals surface area contributed by atoms with Crippen molar-refractivity contribution in [1.29, 1.82) is 0 Å². The fourth-order valence-corrected chi connectivity index (χ4v) is 1.92. The lowest BCUT2D eigenvalue weighted by atomic mass is 9.91. The van der Waals surface area contributed by atoms with E-state index < -0.39 is 29.6 Å². The molecule has 5 heteroatoms. The van der Waals surface area contributed by atoms with Gasteiger partial charge in [0.05, 0.1) is 19.1 Å². The Labute approximate surface area is 111 Å². The SMILES string of the molecule is CCCCC(C(=O)OC)C(O)c1ccc(O)c(F)c1. The van der Waals surface area contributed by atoms with Gasteiger partial charge in [-0.3, -0.25) is 4.79 Å². The minimum absolute atomic E-state index is 0.252. The number of carbonyl (C=O) groups is 1. The molecule has 2 atom stereocenters. The van der Waals surface area contributed by atoms with Crippen molar-refractivity contribution in [3.8, 4) is 5.75 Å². The van der Waals surface area contributed by atoms with Crippen LogP contribution in [0.15, 0.2) is 18.2 Å². The molecule has 1 rings (SSSR count). The highest BCUT2D eigenvalue weighted by Gasteiger charge is 2.28. The zero-order valence-electron chi connectivity index (χ0n) is 11.1. The summed E-state index contributed by atoms with van der Waals surface area (Å²) in [5.74, 6) is -2.56. The number of phenolic OH excluding ortho intramolecular Hbond substituents is 1. The number of methoxy groups -OCH3 is 1. The van der Waals surface area contributed by atoms with Gasteiger partial charge in [-0.25, -0.2) is 4.39 Å². The molecule has 0 spiro atoms. The number of aromatic hydroxyl groups is 1. The molecule has 0 radical (unpaired) electrons. The predicted molar refractivity (Wildman–Crippen MR) is 68.1 cm³/mol. The zero-order valence-corrected chi connectivity index (χ0v) is 11.1. The van der Waals surface area contributed by atoms with Crippen LogP contribution in [0.25, 0.3) is 0 Å². The average molecular weight is 270 g/mol. The van der Waals surface area contributed by atoms with Gasteiger partial charge in [0.2, 0.25) is 0 Å². The van der Waals surface area contributed by atoms with Gasteiger partial charge in [0.25, 0.3) is 0 Å². The number of carbonyl (C=O) groups excluding carboxylic acids is 1. The van der Waals surface area contributed by atoms with Crippen LogP contribution in [0.5, 0.6) is 5.75 Å². The third kappa shape index (κ3) is 3.92. The molecule has 0 saturated carbocycles. The molecule has 4 nitrogen and oxygen atoms in total. The number of phenols is 1. The first-order valence-electron chi connectivity index (χ1n) is 6.25. The normalized spacial score (nSPS) is 13.9. The van der Waals surface area contributed by atoms with Crippen molar-refractivity contribution >= 4 is 5.97 Å². The Hall–Kier alpha value is -1.62. The molecule has 2 unspecified atom stereocenters. The van der Waals surface area contributed by atoms with Gasteiger partial charge in [0.15, 0.2) is 11.6 Å². The number of hydrogen-bond acceptors (Lipinski definition) is 4. The second-order valence-electron chi connectivity index (χ2n) is 4.43. The highest BCUT2D eigenvalue weighted by Crippen LogP contribution is 2.29. The summed E-state index contributed by atoms with van der Waals surface area (Å²) in [5.41, 5.74) is 0.252. The number of hydrogen-bond donors (Lipinski definition) is 2. The average Bonchev–Trinajstić information content (AvgIpc) is 2.41. The molecule has 19 heavy (non-hydrogen) atoms. The number of rotatable bonds is 6. The number of benzene rings is 1. The van der Waals surface area contributed by atoms with E-state index in [-0.39, 0.29) is 5.56 Å². The van der Waals surface area contributed by atoms with Crippen molar-refractivity contribution in [2.75, 3.05) is 7.11 Å². The number of aliphatic hydroxyl groups excluding tert-OH is 1. The maximum absolute atomic E-state index is 13.3. The van der Waals surface area contributed by atoms with Gasteiger partial charge in [-0.15, -0.1) is 0 Å². The van der Waals surface area contributed by atoms with E-state index in [1.165, 1.54) is 13.2 Å². The van der Waals surface area contributed by atoms with Gasteiger partial charge < -0.3 is 14.9 Å². The van der Waals surface area contributed by atoms with Crippen LogP contribution in [0.3, 0.4) is 0 Å². The van der Waals surface area contributed by atoms with Gasteiger partial charge in [-0.1, -0.05) is 25.8 Å². The van der Waals surface area contributed by atoms with E-state index >= 15 is 0 Å². The molecule has 0 aliphatic rings. The van der Waals surface area contributed by atoms with E-state index in [4.69, 9.17) is 5.11 Å². The van der Waals surface area contributed by atoms with Crippen molar-refractivity contribution < 1.29 is 24.1 Å². The monoisotopic (exact) mass is 270 g/mol. The van der Waals surface area contributed by atoms with Crippen molar-refractivity contribution in [3.63, 3.8) is 0 Å². The Morgan fingerprint density at radius 3 is 2.68 bits per heavy atom. The van der Waals surface area contributed by atoms with Crippen LogP contribution in [-0.2, 0) is 9.53 Å². The third-order valence-corrected chi connectivity index (χ3v) is 3.07. The van der Waals surface area contributed by atoms with Crippen LogP contribution in [0, 0.1) is 11.7 Å². The number of halogens is 1. The summed E-state index contributed by atoms with van der Waals surface area (Å²) >= 11 is 0. The number of ether oxygens (including phenoxy) is 1. The molecule has 0 saturated heterocycles. The van der Waals surface area contributed by atoms with Crippen LogP contribution >= 0.6 is 0 Å². The van der Waals surface area contributed by atoms with Crippen molar-refractivity contribution in [1.82, 2.24) is 0 Å². The van der Waals surface area contributed by atoms with Crippen molar-refractivity contribution in [2.24, 2.45) is 5.92 Å². The molecule has 2 N–H and O–H groups in total. The molecule has 1 aromatic carbocycles. The summed E-state index contributed by atoms with van der Waals surface area (Å²) in [4.78, 5) is 11.7. The van der Waals surface area contributed by atoms with Crippen molar-refractivity contribution in [3.05, 3.63) is 29.6 Å². The third-order valence-electron chi connectivity index (χ3n) is 3.07. The van der Waals surface area contributed by atoms with Crippen LogP contribution < -0.4 is 0 Å². The highest BCUT2D eigenvalue weighted by atomic mass is 19.1. The fraction of sp³-hybridized carbons (Fsp3) is 0.500. The lowest BCUT2D eigenvalue weighted by Gasteiger charge is -2.21. The van der Waals surface area contributed by atoms with E-state index in [1.807, 2.05) is 6.92 Å².